The second-order valence-corrected chi connectivity index (χ2v) is 7.69. The molecule has 25 heavy (non-hydrogen) atoms. The van der Waals surface area contributed by atoms with Crippen LogP contribution in [0, 0.1) is 0 Å². The summed E-state index contributed by atoms with van der Waals surface area (Å²) >= 11 is 0. The zero-order chi connectivity index (χ0) is 16.8. The van der Waals surface area contributed by atoms with Gasteiger partial charge in [-0.3, -0.25) is 0 Å². The number of piperidine rings is 1. The van der Waals surface area contributed by atoms with Gasteiger partial charge in [0.15, 0.2) is 0 Å². The van der Waals surface area contributed by atoms with Crippen LogP contribution in [0.15, 0.2) is 55.1 Å². The number of nitrogens with zero attached hydrogens (tertiary/aromatic N) is 2. The minimum Gasteiger partial charge on any atom is -0.337 e. The predicted molar refractivity (Wildman–Crippen MR) is 105 cm³/mol. The molecule has 2 heteroatoms. The van der Waals surface area contributed by atoms with E-state index >= 15 is 0 Å². The Balaban J connectivity index is 1.59. The normalized spacial score (nSPS) is 24.2. The van der Waals surface area contributed by atoms with Crippen molar-refractivity contribution in [3.63, 3.8) is 0 Å². The summed E-state index contributed by atoms with van der Waals surface area (Å²) < 4.78 is 0. The van der Waals surface area contributed by atoms with Crippen LogP contribution in [0.3, 0.4) is 0 Å². The Kier molecular flexibility index (Phi) is 3.67. The molecular weight excluding hydrogens is 304 g/mol. The standard InChI is InChI=1S/C23H26N2/c1-2-3-14-24-15-13-22-20(16-24)19-9-6-8-18-12-11-17-7-4-5-10-21(17)25(22)23(18)19/h2,4-10,20,22H,1,3,11-16H2/t20-,22+/m0/s1. The zero-order valence-corrected chi connectivity index (χ0v) is 14.8. The molecule has 0 aliphatic carbocycles. The van der Waals surface area contributed by atoms with Gasteiger partial charge in [-0.05, 0) is 48.4 Å². The van der Waals surface area contributed by atoms with Crippen molar-refractivity contribution < 1.29 is 0 Å². The van der Waals surface area contributed by atoms with Crippen molar-refractivity contribution >= 4 is 11.4 Å². The molecule has 1 saturated heterocycles. The van der Waals surface area contributed by atoms with Gasteiger partial charge in [-0.25, -0.2) is 0 Å². The lowest BCUT2D eigenvalue weighted by atomic mass is 9.87. The molecule has 0 amide bonds. The van der Waals surface area contributed by atoms with Gasteiger partial charge in [0, 0.05) is 43.0 Å². The second-order valence-electron chi connectivity index (χ2n) is 7.69. The van der Waals surface area contributed by atoms with Gasteiger partial charge in [-0.15, -0.1) is 6.58 Å². The molecule has 0 N–H and O–H groups in total. The van der Waals surface area contributed by atoms with E-state index in [2.05, 4.69) is 58.8 Å². The van der Waals surface area contributed by atoms with E-state index in [9.17, 15) is 0 Å². The molecule has 0 aromatic heterocycles. The molecule has 2 nitrogen and oxygen atoms in total. The molecular formula is C23H26N2. The first-order chi connectivity index (χ1) is 12.4. The highest BCUT2D eigenvalue weighted by molar-refractivity contribution is 5.79. The lowest BCUT2D eigenvalue weighted by molar-refractivity contribution is 0.200. The lowest BCUT2D eigenvalue weighted by Gasteiger charge is -2.39. The largest absolute Gasteiger partial charge is 0.337 e. The highest BCUT2D eigenvalue weighted by atomic mass is 15.2. The van der Waals surface area contributed by atoms with Crippen molar-refractivity contribution in [3.05, 3.63) is 71.8 Å². The summed E-state index contributed by atoms with van der Waals surface area (Å²) in [5, 5.41) is 0. The maximum atomic E-state index is 3.89. The van der Waals surface area contributed by atoms with Crippen molar-refractivity contribution in [2.45, 2.75) is 37.6 Å². The Morgan fingerprint density at radius 2 is 1.88 bits per heavy atom. The quantitative estimate of drug-likeness (QED) is 0.755. The summed E-state index contributed by atoms with van der Waals surface area (Å²) in [6.45, 7) is 7.44. The predicted octanol–water partition coefficient (Wildman–Crippen LogP) is 4.67. The van der Waals surface area contributed by atoms with Crippen molar-refractivity contribution in [2.24, 2.45) is 0 Å². The molecule has 0 saturated carbocycles. The van der Waals surface area contributed by atoms with Gasteiger partial charge in [0.25, 0.3) is 0 Å². The smallest absolute Gasteiger partial charge is 0.0483 e. The highest BCUT2D eigenvalue weighted by Gasteiger charge is 2.44. The third-order valence-corrected chi connectivity index (χ3v) is 6.35. The molecule has 0 radical (unpaired) electrons. The van der Waals surface area contributed by atoms with E-state index in [4.69, 9.17) is 0 Å². The summed E-state index contributed by atoms with van der Waals surface area (Å²) in [6, 6.07) is 16.7. The fourth-order valence-corrected chi connectivity index (χ4v) is 5.20. The summed E-state index contributed by atoms with van der Waals surface area (Å²) in [5.41, 5.74) is 7.64. The van der Waals surface area contributed by atoms with Crippen LogP contribution in [0.4, 0.5) is 11.4 Å². The van der Waals surface area contributed by atoms with Crippen LogP contribution in [-0.4, -0.2) is 30.6 Å². The number of likely N-dealkylation sites (tertiary alicyclic amines) is 1. The fraction of sp³-hybridized carbons (Fsp3) is 0.391. The summed E-state index contributed by atoms with van der Waals surface area (Å²) in [5.74, 6) is 0.639. The van der Waals surface area contributed by atoms with Crippen LogP contribution in [-0.2, 0) is 12.8 Å². The Labute approximate surface area is 150 Å². The maximum Gasteiger partial charge on any atom is 0.0483 e. The van der Waals surface area contributed by atoms with E-state index in [0.717, 1.165) is 25.8 Å². The number of fused-ring (bicyclic) bond motifs is 5. The Morgan fingerprint density at radius 3 is 2.80 bits per heavy atom. The third-order valence-electron chi connectivity index (χ3n) is 6.35. The van der Waals surface area contributed by atoms with Crippen LogP contribution in [0.5, 0.6) is 0 Å². The van der Waals surface area contributed by atoms with E-state index in [0.29, 0.717) is 12.0 Å². The topological polar surface area (TPSA) is 6.48 Å². The Morgan fingerprint density at radius 1 is 1.04 bits per heavy atom. The van der Waals surface area contributed by atoms with Crippen LogP contribution < -0.4 is 4.90 Å². The highest BCUT2D eigenvalue weighted by Crippen LogP contribution is 2.52. The Hall–Kier alpha value is -2.06. The van der Waals surface area contributed by atoms with Crippen molar-refractivity contribution in [2.75, 3.05) is 24.5 Å². The number of aryl methyl sites for hydroxylation is 2. The second kappa shape index (κ2) is 6.03. The van der Waals surface area contributed by atoms with E-state index in [-0.39, 0.29) is 0 Å². The molecule has 1 fully saturated rings. The van der Waals surface area contributed by atoms with Crippen LogP contribution >= 0.6 is 0 Å². The molecule has 3 aliphatic rings. The van der Waals surface area contributed by atoms with E-state index in [1.165, 1.54) is 36.4 Å². The SMILES string of the molecule is C=CCCN1CC[C@@H]2[C@@H](C1)c1cccc3c1N2c1ccccc1CC3. The van der Waals surface area contributed by atoms with Crippen LogP contribution in [0.1, 0.15) is 35.4 Å². The zero-order valence-electron chi connectivity index (χ0n) is 14.8. The molecule has 0 spiro atoms. The average Bonchev–Trinajstić information content (AvgIpc) is 2.88. The average molecular weight is 330 g/mol. The summed E-state index contributed by atoms with van der Waals surface area (Å²) in [6.07, 6.45) is 6.72. The minimum absolute atomic E-state index is 0.621. The first-order valence-electron chi connectivity index (χ1n) is 9.69. The minimum atomic E-state index is 0.621. The third kappa shape index (κ3) is 2.35. The van der Waals surface area contributed by atoms with Crippen molar-refractivity contribution in [1.82, 2.24) is 4.90 Å². The van der Waals surface area contributed by atoms with Crippen LogP contribution in [0.25, 0.3) is 0 Å². The molecule has 5 rings (SSSR count). The number of hydrogen-bond acceptors (Lipinski definition) is 2. The first-order valence-corrected chi connectivity index (χ1v) is 9.69. The van der Waals surface area contributed by atoms with Crippen molar-refractivity contribution in [3.8, 4) is 0 Å². The molecule has 0 bridgehead atoms. The van der Waals surface area contributed by atoms with E-state index in [1.54, 1.807) is 11.1 Å². The first kappa shape index (κ1) is 15.2. The number of para-hydroxylation sites is 2. The van der Waals surface area contributed by atoms with Gasteiger partial charge >= 0.3 is 0 Å². The van der Waals surface area contributed by atoms with Crippen LogP contribution in [0.2, 0.25) is 0 Å². The summed E-state index contributed by atoms with van der Waals surface area (Å²) in [7, 11) is 0. The monoisotopic (exact) mass is 330 g/mol. The molecule has 3 heterocycles. The van der Waals surface area contributed by atoms with Crippen molar-refractivity contribution in [1.29, 1.82) is 0 Å². The molecule has 2 aromatic rings. The van der Waals surface area contributed by atoms with Gasteiger partial charge in [-0.1, -0.05) is 42.5 Å². The molecule has 128 valence electrons. The van der Waals surface area contributed by atoms with E-state index in [1.807, 2.05) is 6.08 Å². The number of anilines is 2. The molecule has 0 unspecified atom stereocenters. The van der Waals surface area contributed by atoms with Gasteiger partial charge < -0.3 is 9.80 Å². The maximum absolute atomic E-state index is 3.89. The fourth-order valence-electron chi connectivity index (χ4n) is 5.20. The van der Waals surface area contributed by atoms with Gasteiger partial charge in [0.2, 0.25) is 0 Å². The van der Waals surface area contributed by atoms with Gasteiger partial charge in [-0.2, -0.15) is 0 Å². The number of rotatable bonds is 3. The molecule has 3 aliphatic heterocycles. The number of benzene rings is 2. The van der Waals surface area contributed by atoms with E-state index < -0.39 is 0 Å². The number of hydrogen-bond donors (Lipinski definition) is 0. The Bertz CT molecular complexity index is 809. The molecule has 2 aromatic carbocycles. The van der Waals surface area contributed by atoms with Gasteiger partial charge in [0.05, 0.1) is 0 Å². The lowest BCUT2D eigenvalue weighted by Crippen LogP contribution is -2.45. The molecule has 2 atom stereocenters. The summed E-state index contributed by atoms with van der Waals surface area (Å²) in [4.78, 5) is 5.35. The van der Waals surface area contributed by atoms with Gasteiger partial charge in [0.1, 0.15) is 0 Å².